The van der Waals surface area contributed by atoms with Gasteiger partial charge in [0.25, 0.3) is 0 Å². The first kappa shape index (κ1) is 65.9. The number of aliphatic hydroxyl groups excluding tert-OH is 2. The molecule has 2 atom stereocenters. The third kappa shape index (κ3) is 54.0. The Balaban J connectivity index is 3.37. The average Bonchev–Trinajstić information content (AvgIpc) is 3.33. The first-order chi connectivity index (χ1) is 33.0. The van der Waals surface area contributed by atoms with Crippen LogP contribution in [0, 0.1) is 0 Å². The van der Waals surface area contributed by atoms with Crippen molar-refractivity contribution in [1.82, 2.24) is 5.32 Å². The number of hydrogen-bond acceptors (Lipinski definition) is 5. The largest absolute Gasteiger partial charge is 0.466 e. The Labute approximate surface area is 419 Å². The molecule has 0 aromatic carbocycles. The quantitative estimate of drug-likeness (QED) is 0.0417. The van der Waals surface area contributed by atoms with Crippen LogP contribution in [0.3, 0.4) is 0 Å². The molecule has 0 saturated heterocycles. The van der Waals surface area contributed by atoms with E-state index in [-0.39, 0.29) is 18.5 Å². The van der Waals surface area contributed by atoms with E-state index in [1.54, 1.807) is 0 Å². The lowest BCUT2D eigenvalue weighted by Crippen LogP contribution is -2.45. The number of carbonyl (C=O) groups excluding carboxylic acids is 2. The molecular formula is C61H121NO5. The van der Waals surface area contributed by atoms with Gasteiger partial charge >= 0.3 is 5.97 Å². The van der Waals surface area contributed by atoms with Gasteiger partial charge in [-0.1, -0.05) is 316 Å². The highest BCUT2D eigenvalue weighted by atomic mass is 16.5. The molecule has 0 bridgehead atoms. The Morgan fingerprint density at radius 3 is 0.910 bits per heavy atom. The van der Waals surface area contributed by atoms with E-state index in [1.165, 1.54) is 283 Å². The number of hydrogen-bond donors (Lipinski definition) is 3. The van der Waals surface area contributed by atoms with Crippen molar-refractivity contribution in [3.05, 3.63) is 0 Å². The van der Waals surface area contributed by atoms with Crippen molar-refractivity contribution in [3.8, 4) is 0 Å². The third-order valence-corrected chi connectivity index (χ3v) is 14.7. The van der Waals surface area contributed by atoms with Crippen LogP contribution >= 0.6 is 0 Å². The van der Waals surface area contributed by atoms with Gasteiger partial charge in [-0.2, -0.15) is 0 Å². The van der Waals surface area contributed by atoms with Gasteiger partial charge in [0.15, 0.2) is 0 Å². The van der Waals surface area contributed by atoms with Crippen LogP contribution in [-0.4, -0.2) is 47.4 Å². The maximum atomic E-state index is 12.5. The molecule has 67 heavy (non-hydrogen) atoms. The Morgan fingerprint density at radius 2 is 0.612 bits per heavy atom. The molecule has 0 spiro atoms. The molecule has 0 aromatic heterocycles. The molecule has 0 radical (unpaired) electrons. The summed E-state index contributed by atoms with van der Waals surface area (Å²) in [6.45, 7) is 4.98. The summed E-state index contributed by atoms with van der Waals surface area (Å²) < 4.78 is 5.49. The molecule has 0 saturated carbocycles. The van der Waals surface area contributed by atoms with Crippen molar-refractivity contribution in [2.24, 2.45) is 0 Å². The van der Waals surface area contributed by atoms with Crippen molar-refractivity contribution in [2.75, 3.05) is 13.2 Å². The van der Waals surface area contributed by atoms with E-state index < -0.39 is 12.1 Å². The molecule has 0 aromatic rings. The summed E-state index contributed by atoms with van der Waals surface area (Å²) in [5.74, 6) is -0.0211. The maximum absolute atomic E-state index is 12.5. The second kappa shape index (κ2) is 57.4. The second-order valence-electron chi connectivity index (χ2n) is 21.4. The summed E-state index contributed by atoms with van der Waals surface area (Å²) >= 11 is 0. The maximum Gasteiger partial charge on any atom is 0.305 e. The van der Waals surface area contributed by atoms with Crippen LogP contribution in [0.25, 0.3) is 0 Å². The molecule has 0 aliphatic heterocycles. The molecule has 0 fully saturated rings. The Morgan fingerprint density at radius 1 is 0.358 bits per heavy atom. The lowest BCUT2D eigenvalue weighted by Gasteiger charge is -2.22. The summed E-state index contributed by atoms with van der Waals surface area (Å²) in [6, 6.07) is -0.542. The number of amides is 1. The molecule has 2 unspecified atom stereocenters. The third-order valence-electron chi connectivity index (χ3n) is 14.7. The predicted octanol–water partition coefficient (Wildman–Crippen LogP) is 19.1. The molecule has 400 valence electrons. The van der Waals surface area contributed by atoms with Gasteiger partial charge in [0, 0.05) is 12.8 Å². The highest BCUT2D eigenvalue weighted by Gasteiger charge is 2.20. The summed E-state index contributed by atoms with van der Waals surface area (Å²) in [5.41, 5.74) is 0. The lowest BCUT2D eigenvalue weighted by molar-refractivity contribution is -0.143. The normalized spacial score (nSPS) is 12.5. The first-order valence-electron chi connectivity index (χ1n) is 30.8. The number of nitrogens with one attached hydrogen (secondary N) is 1. The van der Waals surface area contributed by atoms with E-state index in [2.05, 4.69) is 19.2 Å². The monoisotopic (exact) mass is 948 g/mol. The smallest absolute Gasteiger partial charge is 0.305 e. The summed E-state index contributed by atoms with van der Waals surface area (Å²) in [4.78, 5) is 24.6. The van der Waals surface area contributed by atoms with Crippen LogP contribution in [-0.2, 0) is 14.3 Å². The van der Waals surface area contributed by atoms with Crippen LogP contribution < -0.4 is 5.32 Å². The first-order valence-corrected chi connectivity index (χ1v) is 30.8. The number of unbranched alkanes of at least 4 members (excludes halogenated alkanes) is 47. The highest BCUT2D eigenvalue weighted by Crippen LogP contribution is 2.18. The summed E-state index contributed by atoms with van der Waals surface area (Å²) in [6.07, 6.45) is 66.7. The summed E-state index contributed by atoms with van der Waals surface area (Å²) in [5, 5.41) is 23.3. The number of aliphatic hydroxyl groups is 2. The Hall–Kier alpha value is -1.14. The van der Waals surface area contributed by atoms with Crippen molar-refractivity contribution in [3.63, 3.8) is 0 Å². The molecule has 1 amide bonds. The standard InChI is InChI=1S/C61H121NO5/c1-3-5-7-9-11-13-15-17-19-27-31-35-39-43-47-51-55-61(66)67-56-52-48-44-40-36-32-28-24-22-20-21-23-26-30-34-38-42-46-50-54-60(65)62-58(57-63)59(64)53-49-45-41-37-33-29-25-18-16-14-12-10-8-6-4-2/h58-59,63-64H,3-57H2,1-2H3,(H,62,65). The average molecular weight is 949 g/mol. The predicted molar refractivity (Wildman–Crippen MR) is 292 cm³/mol. The van der Waals surface area contributed by atoms with Gasteiger partial charge in [-0.3, -0.25) is 9.59 Å². The number of esters is 1. The van der Waals surface area contributed by atoms with Gasteiger partial charge in [0.1, 0.15) is 0 Å². The molecular weight excluding hydrogens is 827 g/mol. The molecule has 0 aliphatic rings. The second-order valence-corrected chi connectivity index (χ2v) is 21.4. The van der Waals surface area contributed by atoms with Crippen LogP contribution in [0.4, 0.5) is 0 Å². The van der Waals surface area contributed by atoms with Crippen molar-refractivity contribution >= 4 is 11.9 Å². The van der Waals surface area contributed by atoms with Gasteiger partial charge in [-0.15, -0.1) is 0 Å². The Kier molecular flexibility index (Phi) is 56.5. The minimum absolute atomic E-state index is 0.0136. The van der Waals surface area contributed by atoms with Crippen LogP contribution in [0.5, 0.6) is 0 Å². The highest BCUT2D eigenvalue weighted by molar-refractivity contribution is 5.76. The van der Waals surface area contributed by atoms with E-state index in [4.69, 9.17) is 4.74 Å². The number of carbonyl (C=O) groups is 2. The molecule has 0 aliphatic carbocycles. The zero-order chi connectivity index (χ0) is 48.6. The summed E-state index contributed by atoms with van der Waals surface area (Å²) in [7, 11) is 0. The van der Waals surface area contributed by atoms with Crippen molar-refractivity contribution < 1.29 is 24.5 Å². The molecule has 3 N–H and O–H groups in total. The van der Waals surface area contributed by atoms with E-state index in [0.717, 1.165) is 38.5 Å². The van der Waals surface area contributed by atoms with E-state index in [9.17, 15) is 19.8 Å². The lowest BCUT2D eigenvalue weighted by atomic mass is 10.0. The zero-order valence-corrected chi connectivity index (χ0v) is 45.7. The molecule has 0 rings (SSSR count). The van der Waals surface area contributed by atoms with E-state index >= 15 is 0 Å². The topological polar surface area (TPSA) is 95.9 Å². The fourth-order valence-electron chi connectivity index (χ4n) is 9.94. The van der Waals surface area contributed by atoms with Crippen molar-refractivity contribution in [1.29, 1.82) is 0 Å². The van der Waals surface area contributed by atoms with E-state index in [0.29, 0.717) is 25.9 Å². The van der Waals surface area contributed by atoms with Crippen LogP contribution in [0.2, 0.25) is 0 Å². The molecule has 0 heterocycles. The molecule has 6 heteroatoms. The fourth-order valence-corrected chi connectivity index (χ4v) is 9.94. The van der Waals surface area contributed by atoms with Crippen LogP contribution in [0.1, 0.15) is 354 Å². The molecule has 6 nitrogen and oxygen atoms in total. The minimum atomic E-state index is -0.665. The fraction of sp³-hybridized carbons (Fsp3) is 0.967. The SMILES string of the molecule is CCCCCCCCCCCCCCCCCCC(=O)OCCCCCCCCCCCCCCCCCCCCCC(=O)NC(CO)C(O)CCCCCCCCCCCCCCCCC. The van der Waals surface area contributed by atoms with Crippen molar-refractivity contribution in [2.45, 2.75) is 366 Å². The number of ether oxygens (including phenoxy) is 1. The van der Waals surface area contributed by atoms with Gasteiger partial charge in [-0.25, -0.2) is 0 Å². The van der Waals surface area contributed by atoms with Gasteiger partial charge in [0.2, 0.25) is 5.91 Å². The number of rotatable bonds is 58. The van der Waals surface area contributed by atoms with Gasteiger partial charge in [0.05, 0.1) is 25.4 Å². The minimum Gasteiger partial charge on any atom is -0.466 e. The van der Waals surface area contributed by atoms with E-state index in [1.807, 2.05) is 0 Å². The van der Waals surface area contributed by atoms with Gasteiger partial charge in [-0.05, 0) is 25.7 Å². The van der Waals surface area contributed by atoms with Crippen LogP contribution in [0.15, 0.2) is 0 Å². The Bertz CT molecular complexity index is 959. The zero-order valence-electron chi connectivity index (χ0n) is 45.7. The van der Waals surface area contributed by atoms with Gasteiger partial charge < -0.3 is 20.3 Å².